The summed E-state index contributed by atoms with van der Waals surface area (Å²) in [5, 5.41) is 9.68. The van der Waals surface area contributed by atoms with Crippen molar-refractivity contribution in [3.63, 3.8) is 0 Å². The van der Waals surface area contributed by atoms with Crippen molar-refractivity contribution in [3.8, 4) is 11.5 Å². The predicted octanol–water partition coefficient (Wildman–Crippen LogP) is 0.405. The molecule has 3 aromatic rings. The lowest BCUT2D eigenvalue weighted by Gasteiger charge is -2.15. The minimum atomic E-state index is -0.0889. The first-order chi connectivity index (χ1) is 12.2. The summed E-state index contributed by atoms with van der Waals surface area (Å²) in [5.41, 5.74) is 1.68. The summed E-state index contributed by atoms with van der Waals surface area (Å²) in [5.74, 6) is 0.923. The Morgan fingerprint density at radius 3 is 2.80 bits per heavy atom. The number of nitrogens with one attached hydrogen (secondary N) is 2. The van der Waals surface area contributed by atoms with E-state index in [0.29, 0.717) is 23.9 Å². The summed E-state index contributed by atoms with van der Waals surface area (Å²) in [6.45, 7) is 1.23. The van der Waals surface area contributed by atoms with Gasteiger partial charge in [0.2, 0.25) is 11.7 Å². The van der Waals surface area contributed by atoms with Crippen LogP contribution in [-0.4, -0.2) is 54.5 Å². The van der Waals surface area contributed by atoms with Crippen LogP contribution < -0.4 is 5.32 Å². The van der Waals surface area contributed by atoms with E-state index in [1.165, 1.54) is 0 Å². The summed E-state index contributed by atoms with van der Waals surface area (Å²) in [6, 6.07) is 3.86. The van der Waals surface area contributed by atoms with Gasteiger partial charge in [-0.15, -0.1) is 0 Å². The van der Waals surface area contributed by atoms with Crippen molar-refractivity contribution in [3.05, 3.63) is 54.5 Å². The molecule has 3 heterocycles. The van der Waals surface area contributed by atoms with Gasteiger partial charge in [0.1, 0.15) is 11.5 Å². The maximum Gasteiger partial charge on any atom is 0.234 e. The van der Waals surface area contributed by atoms with Crippen LogP contribution in [0.4, 0.5) is 0 Å². The number of nitrogens with zero attached hydrogens (tertiary/aromatic N) is 6. The first-order valence-corrected chi connectivity index (χ1v) is 7.72. The van der Waals surface area contributed by atoms with Crippen LogP contribution in [0.25, 0.3) is 11.5 Å². The van der Waals surface area contributed by atoms with Gasteiger partial charge in [0.25, 0.3) is 0 Å². The zero-order valence-electron chi connectivity index (χ0n) is 13.8. The molecule has 0 unspecified atom stereocenters. The number of hydrogen-bond donors (Lipinski definition) is 2. The fourth-order valence-corrected chi connectivity index (χ4v) is 2.24. The topological polar surface area (TPSA) is 113 Å². The van der Waals surface area contributed by atoms with Gasteiger partial charge in [0.05, 0.1) is 19.3 Å². The molecule has 9 nitrogen and oxygen atoms in total. The Hall–Kier alpha value is -3.20. The van der Waals surface area contributed by atoms with E-state index in [0.717, 1.165) is 5.56 Å². The summed E-state index contributed by atoms with van der Waals surface area (Å²) in [6.07, 6.45) is 8.22. The molecule has 128 valence electrons. The molecule has 0 aliphatic heterocycles. The van der Waals surface area contributed by atoms with Gasteiger partial charge in [-0.1, -0.05) is 0 Å². The van der Waals surface area contributed by atoms with Crippen LogP contribution in [0.5, 0.6) is 0 Å². The zero-order chi connectivity index (χ0) is 17.5. The standard InChI is InChI=1S/C16H18N8O/c1-24(10-12-2-4-17-5-3-12)11-15(25)20-9-14-21-16(23-22-14)13-8-18-6-7-19-13/h2-8H,9-11H2,1H3,(H,20,25)(H,21,22,23). The number of hydrogen-bond acceptors (Lipinski definition) is 7. The highest BCUT2D eigenvalue weighted by Gasteiger charge is 2.10. The number of aromatic amines is 1. The molecule has 0 saturated carbocycles. The van der Waals surface area contributed by atoms with Gasteiger partial charge in [-0.3, -0.25) is 24.8 Å². The van der Waals surface area contributed by atoms with Crippen molar-refractivity contribution in [1.82, 2.24) is 40.3 Å². The van der Waals surface area contributed by atoms with Crippen LogP contribution in [-0.2, 0) is 17.9 Å². The Labute approximate surface area is 144 Å². The molecular weight excluding hydrogens is 320 g/mol. The summed E-state index contributed by atoms with van der Waals surface area (Å²) < 4.78 is 0. The SMILES string of the molecule is CN(CC(=O)NCc1nc(-c2cnccn2)n[nH]1)Cc1ccncc1. The van der Waals surface area contributed by atoms with E-state index in [4.69, 9.17) is 0 Å². The predicted molar refractivity (Wildman–Crippen MR) is 89.8 cm³/mol. The number of carbonyl (C=O) groups excluding carboxylic acids is 1. The first-order valence-electron chi connectivity index (χ1n) is 7.72. The first kappa shape index (κ1) is 16.7. The number of pyridine rings is 1. The van der Waals surface area contributed by atoms with Gasteiger partial charge in [0, 0.05) is 31.3 Å². The molecule has 9 heteroatoms. The van der Waals surface area contributed by atoms with Gasteiger partial charge in [0.15, 0.2) is 0 Å². The molecule has 25 heavy (non-hydrogen) atoms. The molecule has 0 aliphatic carbocycles. The van der Waals surface area contributed by atoms with Crippen molar-refractivity contribution >= 4 is 5.91 Å². The number of likely N-dealkylation sites (N-methyl/N-ethyl adjacent to an activating group) is 1. The third-order valence-corrected chi connectivity index (χ3v) is 3.39. The van der Waals surface area contributed by atoms with Crippen molar-refractivity contribution in [2.24, 2.45) is 0 Å². The quantitative estimate of drug-likeness (QED) is 0.641. The van der Waals surface area contributed by atoms with Gasteiger partial charge < -0.3 is 5.32 Å². The Balaban J connectivity index is 1.47. The van der Waals surface area contributed by atoms with E-state index >= 15 is 0 Å². The minimum Gasteiger partial charge on any atom is -0.348 e. The molecule has 0 aromatic carbocycles. The number of amides is 1. The molecule has 0 aliphatic rings. The summed E-state index contributed by atoms with van der Waals surface area (Å²) in [7, 11) is 1.89. The van der Waals surface area contributed by atoms with Gasteiger partial charge >= 0.3 is 0 Å². The minimum absolute atomic E-state index is 0.0889. The van der Waals surface area contributed by atoms with E-state index in [2.05, 4.69) is 35.5 Å². The lowest BCUT2D eigenvalue weighted by Crippen LogP contribution is -2.34. The van der Waals surface area contributed by atoms with Crippen molar-refractivity contribution in [2.45, 2.75) is 13.1 Å². The maximum atomic E-state index is 12.0. The second-order valence-electron chi connectivity index (χ2n) is 5.50. The lowest BCUT2D eigenvalue weighted by molar-refractivity contribution is -0.122. The number of aromatic nitrogens is 6. The average Bonchev–Trinajstić information content (AvgIpc) is 3.10. The molecule has 0 fully saturated rings. The highest BCUT2D eigenvalue weighted by molar-refractivity contribution is 5.77. The van der Waals surface area contributed by atoms with E-state index < -0.39 is 0 Å². The Kier molecular flexibility index (Phi) is 5.37. The van der Waals surface area contributed by atoms with Gasteiger partial charge in [-0.25, -0.2) is 9.97 Å². The molecule has 0 bridgehead atoms. The fourth-order valence-electron chi connectivity index (χ4n) is 2.24. The molecule has 1 amide bonds. The molecule has 0 spiro atoms. The normalized spacial score (nSPS) is 10.8. The van der Waals surface area contributed by atoms with Crippen LogP contribution >= 0.6 is 0 Å². The van der Waals surface area contributed by atoms with Crippen LogP contribution in [0.15, 0.2) is 43.1 Å². The van der Waals surface area contributed by atoms with Crippen molar-refractivity contribution < 1.29 is 4.79 Å². The fraction of sp³-hybridized carbons (Fsp3) is 0.250. The van der Waals surface area contributed by atoms with E-state index in [1.54, 1.807) is 31.0 Å². The van der Waals surface area contributed by atoms with Crippen molar-refractivity contribution in [2.75, 3.05) is 13.6 Å². The summed E-state index contributed by atoms with van der Waals surface area (Å²) in [4.78, 5) is 30.4. The smallest absolute Gasteiger partial charge is 0.234 e. The highest BCUT2D eigenvalue weighted by atomic mass is 16.2. The third kappa shape index (κ3) is 4.88. The Morgan fingerprint density at radius 2 is 2.04 bits per heavy atom. The number of carbonyl (C=O) groups is 1. The average molecular weight is 338 g/mol. The van der Waals surface area contributed by atoms with Crippen LogP contribution in [0, 0.1) is 0 Å². The van der Waals surface area contributed by atoms with Crippen molar-refractivity contribution in [1.29, 1.82) is 0 Å². The maximum absolute atomic E-state index is 12.0. The molecule has 3 rings (SSSR count). The van der Waals surface area contributed by atoms with E-state index in [-0.39, 0.29) is 19.0 Å². The highest BCUT2D eigenvalue weighted by Crippen LogP contribution is 2.08. The monoisotopic (exact) mass is 338 g/mol. The lowest BCUT2D eigenvalue weighted by atomic mass is 10.2. The Morgan fingerprint density at radius 1 is 1.20 bits per heavy atom. The van der Waals surface area contributed by atoms with E-state index in [9.17, 15) is 4.79 Å². The molecule has 0 radical (unpaired) electrons. The number of H-pyrrole nitrogens is 1. The van der Waals surface area contributed by atoms with Crippen LogP contribution in [0.3, 0.4) is 0 Å². The molecule has 2 N–H and O–H groups in total. The molecular formula is C16H18N8O. The van der Waals surface area contributed by atoms with E-state index in [1.807, 2.05) is 24.1 Å². The Bertz CT molecular complexity index is 805. The third-order valence-electron chi connectivity index (χ3n) is 3.39. The van der Waals surface area contributed by atoms with Crippen LogP contribution in [0.1, 0.15) is 11.4 Å². The van der Waals surface area contributed by atoms with Gasteiger partial charge in [-0.2, -0.15) is 5.10 Å². The molecule has 0 saturated heterocycles. The van der Waals surface area contributed by atoms with Crippen LogP contribution in [0.2, 0.25) is 0 Å². The number of rotatable bonds is 7. The second-order valence-corrected chi connectivity index (χ2v) is 5.50. The van der Waals surface area contributed by atoms with Gasteiger partial charge in [-0.05, 0) is 24.7 Å². The zero-order valence-corrected chi connectivity index (χ0v) is 13.8. The molecule has 3 aromatic heterocycles. The summed E-state index contributed by atoms with van der Waals surface area (Å²) >= 11 is 0. The second kappa shape index (κ2) is 8.06. The molecule has 0 atom stereocenters. The largest absolute Gasteiger partial charge is 0.348 e.